The predicted molar refractivity (Wildman–Crippen MR) is 90.5 cm³/mol. The first-order valence-corrected chi connectivity index (χ1v) is 7.64. The second-order valence-corrected chi connectivity index (χ2v) is 5.28. The smallest absolute Gasteiger partial charge is 0.329 e. The quantitative estimate of drug-likeness (QED) is 0.222. The van der Waals surface area contributed by atoms with Crippen LogP contribution in [0, 0.1) is 5.41 Å². The first-order chi connectivity index (χ1) is 11.8. The zero-order valence-electron chi connectivity index (χ0n) is 13.9. The number of carboxylic acids is 1. The molecule has 0 aliphatic carbocycles. The Labute approximate surface area is 145 Å². The number of carboxylic acid groups (broad SMARTS) is 1. The van der Waals surface area contributed by atoms with Gasteiger partial charge in [-0.3, -0.25) is 15.0 Å². The molecular weight excluding hydrogens is 328 g/mol. The van der Waals surface area contributed by atoms with Crippen molar-refractivity contribution in [2.24, 2.45) is 5.73 Å². The molecule has 0 bridgehead atoms. The zero-order chi connectivity index (χ0) is 18.8. The van der Waals surface area contributed by atoms with Crippen LogP contribution in [0.4, 0.5) is 0 Å². The third-order valence-electron chi connectivity index (χ3n) is 3.19. The van der Waals surface area contributed by atoms with Gasteiger partial charge in [-0.2, -0.15) is 0 Å². The summed E-state index contributed by atoms with van der Waals surface area (Å²) in [5, 5.41) is 20.9. The second-order valence-electron chi connectivity index (χ2n) is 5.28. The number of ether oxygens (including phenoxy) is 1. The first-order valence-electron chi connectivity index (χ1n) is 7.64. The lowest BCUT2D eigenvalue weighted by atomic mass is 10.1. The summed E-state index contributed by atoms with van der Waals surface area (Å²) in [6.45, 7) is 1.71. The molecule has 0 unspecified atom stereocenters. The van der Waals surface area contributed by atoms with Gasteiger partial charge in [0.2, 0.25) is 5.91 Å². The van der Waals surface area contributed by atoms with Crippen LogP contribution in [0.15, 0.2) is 24.3 Å². The minimum Gasteiger partial charge on any atom is -0.480 e. The highest BCUT2D eigenvalue weighted by Crippen LogP contribution is 2.04. The molecule has 0 aliphatic heterocycles. The van der Waals surface area contributed by atoms with Gasteiger partial charge in [0.25, 0.3) is 5.91 Å². The molecule has 1 aromatic rings. The van der Waals surface area contributed by atoms with E-state index >= 15 is 0 Å². The number of hydrogen-bond donors (Lipinski definition) is 5. The highest BCUT2D eigenvalue weighted by atomic mass is 16.5. The molecule has 136 valence electrons. The van der Waals surface area contributed by atoms with Crippen LogP contribution in [-0.2, 0) is 14.3 Å². The maximum absolute atomic E-state index is 12.1. The molecule has 0 spiro atoms. The fraction of sp³-hybridized carbons (Fsp3) is 0.375. The van der Waals surface area contributed by atoms with Crippen LogP contribution in [0.25, 0.3) is 0 Å². The number of carbonyl (C=O) groups is 3. The average Bonchev–Trinajstić information content (AvgIpc) is 2.57. The van der Waals surface area contributed by atoms with E-state index in [-0.39, 0.29) is 25.0 Å². The lowest BCUT2D eigenvalue weighted by Gasteiger charge is -2.14. The van der Waals surface area contributed by atoms with Crippen LogP contribution in [0.3, 0.4) is 0 Å². The number of amides is 2. The molecule has 6 N–H and O–H groups in total. The van der Waals surface area contributed by atoms with Gasteiger partial charge in [-0.1, -0.05) is 12.1 Å². The summed E-state index contributed by atoms with van der Waals surface area (Å²) in [6, 6.07) is 5.42. The predicted octanol–water partition coefficient (Wildman–Crippen LogP) is -0.304. The van der Waals surface area contributed by atoms with E-state index in [1.54, 1.807) is 19.1 Å². The molecule has 9 nitrogen and oxygen atoms in total. The molecule has 1 atom stereocenters. The highest BCUT2D eigenvalue weighted by Gasteiger charge is 2.16. The second kappa shape index (κ2) is 10.0. The Morgan fingerprint density at radius 1 is 1.24 bits per heavy atom. The normalized spacial score (nSPS) is 11.4. The van der Waals surface area contributed by atoms with Gasteiger partial charge < -0.3 is 26.2 Å². The van der Waals surface area contributed by atoms with E-state index in [4.69, 9.17) is 21.0 Å². The average molecular weight is 350 g/mol. The molecule has 0 aromatic heterocycles. The number of hydrogen-bond acceptors (Lipinski definition) is 5. The summed E-state index contributed by atoms with van der Waals surface area (Å²) in [5.41, 5.74) is 6.20. The Kier molecular flexibility index (Phi) is 8.07. The molecule has 2 amide bonds. The summed E-state index contributed by atoms with van der Waals surface area (Å²) in [7, 11) is 0. The number of amidine groups is 1. The Morgan fingerprint density at radius 2 is 1.84 bits per heavy atom. The number of rotatable bonds is 10. The van der Waals surface area contributed by atoms with Gasteiger partial charge >= 0.3 is 5.97 Å². The topological polar surface area (TPSA) is 155 Å². The minimum absolute atomic E-state index is 0.0907. The number of nitrogens with two attached hydrogens (primary N) is 1. The molecule has 0 saturated heterocycles. The maximum Gasteiger partial charge on any atom is 0.329 e. The molecule has 25 heavy (non-hydrogen) atoms. The Morgan fingerprint density at radius 3 is 2.40 bits per heavy atom. The van der Waals surface area contributed by atoms with Crippen molar-refractivity contribution in [3.05, 3.63) is 35.4 Å². The molecule has 0 aliphatic rings. The molecule has 0 radical (unpaired) electrons. The van der Waals surface area contributed by atoms with Gasteiger partial charge in [-0.15, -0.1) is 0 Å². The van der Waals surface area contributed by atoms with E-state index in [9.17, 15) is 14.4 Å². The Bertz CT molecular complexity index is 630. The third-order valence-corrected chi connectivity index (χ3v) is 3.19. The third kappa shape index (κ3) is 7.44. The van der Waals surface area contributed by atoms with Gasteiger partial charge in [0.15, 0.2) is 0 Å². The van der Waals surface area contributed by atoms with Crippen LogP contribution in [0.1, 0.15) is 29.3 Å². The van der Waals surface area contributed by atoms with Crippen molar-refractivity contribution in [1.82, 2.24) is 10.6 Å². The van der Waals surface area contributed by atoms with Crippen LogP contribution in [0.2, 0.25) is 0 Å². The van der Waals surface area contributed by atoms with Crippen molar-refractivity contribution < 1.29 is 24.2 Å². The van der Waals surface area contributed by atoms with E-state index in [1.165, 1.54) is 12.1 Å². The zero-order valence-corrected chi connectivity index (χ0v) is 13.9. The SMILES string of the molecule is C[C@H](NC(=O)c1ccc(C(=N)N)cc1)C(=O)NCCCOCC(=O)O. The molecule has 0 fully saturated rings. The van der Waals surface area contributed by atoms with E-state index in [0.29, 0.717) is 24.1 Å². The summed E-state index contributed by atoms with van der Waals surface area (Å²) < 4.78 is 4.84. The van der Waals surface area contributed by atoms with Crippen molar-refractivity contribution >= 4 is 23.6 Å². The van der Waals surface area contributed by atoms with Crippen LogP contribution in [-0.4, -0.2) is 54.5 Å². The highest BCUT2D eigenvalue weighted by molar-refractivity contribution is 5.99. The van der Waals surface area contributed by atoms with E-state index < -0.39 is 17.9 Å². The van der Waals surface area contributed by atoms with Crippen LogP contribution in [0.5, 0.6) is 0 Å². The number of nitrogen functional groups attached to an aromatic ring is 1. The van der Waals surface area contributed by atoms with Crippen molar-refractivity contribution in [1.29, 1.82) is 5.41 Å². The van der Waals surface area contributed by atoms with Gasteiger partial charge in [0.1, 0.15) is 18.5 Å². The lowest BCUT2D eigenvalue weighted by molar-refractivity contribution is -0.142. The summed E-state index contributed by atoms with van der Waals surface area (Å²) in [4.78, 5) is 34.2. The van der Waals surface area contributed by atoms with Crippen molar-refractivity contribution in [3.8, 4) is 0 Å². The summed E-state index contributed by atoms with van der Waals surface area (Å²) in [6.07, 6.45) is 0.464. The fourth-order valence-electron chi connectivity index (χ4n) is 1.85. The maximum atomic E-state index is 12.1. The van der Waals surface area contributed by atoms with Crippen molar-refractivity contribution in [2.75, 3.05) is 19.8 Å². The fourth-order valence-corrected chi connectivity index (χ4v) is 1.85. The monoisotopic (exact) mass is 350 g/mol. The molecule has 1 aromatic carbocycles. The van der Waals surface area contributed by atoms with Gasteiger partial charge in [-0.25, -0.2) is 4.79 Å². The molecule has 9 heteroatoms. The number of carbonyl (C=O) groups excluding carboxylic acids is 2. The largest absolute Gasteiger partial charge is 0.480 e. The van der Waals surface area contributed by atoms with Gasteiger partial charge in [-0.05, 0) is 25.5 Å². The van der Waals surface area contributed by atoms with Crippen molar-refractivity contribution in [2.45, 2.75) is 19.4 Å². The minimum atomic E-state index is -1.04. The Balaban J connectivity index is 2.35. The summed E-state index contributed by atoms with van der Waals surface area (Å²) in [5.74, 6) is -1.90. The summed E-state index contributed by atoms with van der Waals surface area (Å²) >= 11 is 0. The van der Waals surface area contributed by atoms with E-state index in [0.717, 1.165) is 0 Å². The van der Waals surface area contributed by atoms with Gasteiger partial charge in [0.05, 0.1) is 0 Å². The van der Waals surface area contributed by atoms with Crippen molar-refractivity contribution in [3.63, 3.8) is 0 Å². The number of aliphatic carboxylic acids is 1. The molecule has 1 rings (SSSR count). The van der Waals surface area contributed by atoms with Gasteiger partial charge in [0, 0.05) is 24.3 Å². The number of nitrogens with one attached hydrogen (secondary N) is 3. The standard InChI is InChI=1S/C16H22N4O5/c1-10(15(23)19-7-2-8-25-9-13(21)22)20-16(24)12-5-3-11(4-6-12)14(17)18/h3-6,10H,2,7-9H2,1H3,(H3,17,18)(H,19,23)(H,20,24)(H,21,22)/t10-/m0/s1. The number of benzene rings is 1. The van der Waals surface area contributed by atoms with E-state index in [2.05, 4.69) is 10.6 Å². The lowest BCUT2D eigenvalue weighted by Crippen LogP contribution is -2.45. The first kappa shape index (κ1) is 20.1. The molecule has 0 heterocycles. The Hall–Kier alpha value is -2.94. The molecular formula is C16H22N4O5. The van der Waals surface area contributed by atoms with Crippen LogP contribution < -0.4 is 16.4 Å². The van der Waals surface area contributed by atoms with Crippen LogP contribution >= 0.6 is 0 Å². The molecule has 0 saturated carbocycles. The van der Waals surface area contributed by atoms with E-state index in [1.807, 2.05) is 0 Å².